The molecule has 0 unspecified atom stereocenters. The van der Waals surface area contributed by atoms with Crippen LogP contribution in [-0.4, -0.2) is 39.8 Å². The van der Waals surface area contributed by atoms with Crippen molar-refractivity contribution in [2.45, 2.75) is 13.5 Å². The lowest BCUT2D eigenvalue weighted by Crippen LogP contribution is -2.24. The molecule has 0 fully saturated rings. The number of aromatic nitrogens is 4. The van der Waals surface area contributed by atoms with Gasteiger partial charge in [-0.1, -0.05) is 0 Å². The number of hydrogen-bond donors (Lipinski definition) is 1. The Kier molecular flexibility index (Phi) is 5.43. The molecule has 0 bridgehead atoms. The summed E-state index contributed by atoms with van der Waals surface area (Å²) in [6, 6.07) is 14.3. The van der Waals surface area contributed by atoms with E-state index in [1.54, 1.807) is 36.1 Å². The third kappa shape index (κ3) is 3.97. The number of hydrogen-bond acceptors (Lipinski definition) is 6. The lowest BCUT2D eigenvalue weighted by atomic mass is 10.2. The van der Waals surface area contributed by atoms with Gasteiger partial charge in [0.15, 0.2) is 5.82 Å². The van der Waals surface area contributed by atoms with E-state index in [1.807, 2.05) is 31.2 Å². The molecule has 1 amide bonds. The average molecular weight is 353 g/mol. The van der Waals surface area contributed by atoms with E-state index in [4.69, 9.17) is 9.47 Å². The number of amides is 1. The van der Waals surface area contributed by atoms with Crippen LogP contribution in [0.15, 0.2) is 48.5 Å². The molecule has 2 aromatic carbocycles. The molecule has 0 saturated heterocycles. The number of rotatable bonds is 7. The van der Waals surface area contributed by atoms with Gasteiger partial charge in [-0.05, 0) is 65.9 Å². The van der Waals surface area contributed by atoms with Gasteiger partial charge in [-0.15, -0.1) is 5.10 Å². The van der Waals surface area contributed by atoms with Crippen LogP contribution >= 0.6 is 0 Å². The summed E-state index contributed by atoms with van der Waals surface area (Å²) in [4.78, 5) is 12.3. The van der Waals surface area contributed by atoms with Gasteiger partial charge in [0.1, 0.15) is 11.5 Å². The number of methoxy groups -OCH3 is 1. The molecular formula is C18H19N5O3. The molecule has 134 valence electrons. The summed E-state index contributed by atoms with van der Waals surface area (Å²) in [6.07, 6.45) is 0. The molecule has 1 aromatic heterocycles. The molecule has 0 aliphatic rings. The minimum atomic E-state index is -0.214. The van der Waals surface area contributed by atoms with Crippen molar-refractivity contribution < 1.29 is 14.3 Å². The summed E-state index contributed by atoms with van der Waals surface area (Å²) < 4.78 is 12.1. The van der Waals surface area contributed by atoms with Gasteiger partial charge >= 0.3 is 0 Å². The molecule has 0 spiro atoms. The molecule has 1 heterocycles. The van der Waals surface area contributed by atoms with Gasteiger partial charge in [-0.2, -0.15) is 4.68 Å². The van der Waals surface area contributed by atoms with Crippen molar-refractivity contribution in [3.8, 4) is 17.2 Å². The normalized spacial score (nSPS) is 10.4. The average Bonchev–Trinajstić information content (AvgIpc) is 3.15. The first-order valence-electron chi connectivity index (χ1n) is 8.14. The molecule has 26 heavy (non-hydrogen) atoms. The molecule has 0 radical (unpaired) electrons. The zero-order chi connectivity index (χ0) is 18.4. The second-order valence-electron chi connectivity index (χ2n) is 5.35. The highest BCUT2D eigenvalue weighted by atomic mass is 16.5. The van der Waals surface area contributed by atoms with E-state index in [2.05, 4.69) is 20.8 Å². The highest BCUT2D eigenvalue weighted by Crippen LogP contribution is 2.15. The van der Waals surface area contributed by atoms with E-state index in [9.17, 15) is 4.79 Å². The second-order valence-corrected chi connectivity index (χ2v) is 5.35. The van der Waals surface area contributed by atoms with E-state index < -0.39 is 0 Å². The Morgan fingerprint density at radius 3 is 2.42 bits per heavy atom. The first kappa shape index (κ1) is 17.4. The number of nitrogens with zero attached hydrogens (tertiary/aromatic N) is 4. The number of tetrazole rings is 1. The molecule has 0 aliphatic heterocycles. The summed E-state index contributed by atoms with van der Waals surface area (Å²) in [7, 11) is 1.58. The molecule has 8 nitrogen and oxygen atoms in total. The van der Waals surface area contributed by atoms with E-state index in [0.717, 1.165) is 11.4 Å². The number of benzene rings is 2. The Hall–Kier alpha value is -3.42. The summed E-state index contributed by atoms with van der Waals surface area (Å²) in [6.45, 7) is 2.73. The molecule has 8 heteroatoms. The van der Waals surface area contributed by atoms with Gasteiger partial charge in [-0.25, -0.2) is 0 Å². The fraction of sp³-hybridized carbons (Fsp3) is 0.222. The fourth-order valence-electron chi connectivity index (χ4n) is 2.37. The van der Waals surface area contributed by atoms with Crippen molar-refractivity contribution >= 4 is 5.91 Å². The van der Waals surface area contributed by atoms with Crippen LogP contribution in [0.4, 0.5) is 0 Å². The Labute approximate surface area is 150 Å². The Morgan fingerprint density at radius 2 is 1.77 bits per heavy atom. The van der Waals surface area contributed by atoms with Gasteiger partial charge in [0.25, 0.3) is 5.91 Å². The van der Waals surface area contributed by atoms with Crippen LogP contribution in [0.2, 0.25) is 0 Å². The van der Waals surface area contributed by atoms with Gasteiger partial charge in [0.2, 0.25) is 0 Å². The van der Waals surface area contributed by atoms with Crippen LogP contribution in [0, 0.1) is 0 Å². The number of ether oxygens (including phenoxy) is 2. The van der Waals surface area contributed by atoms with Crippen molar-refractivity contribution in [2.75, 3.05) is 13.7 Å². The number of carbonyl (C=O) groups is 1. The highest BCUT2D eigenvalue weighted by Gasteiger charge is 2.11. The first-order valence-corrected chi connectivity index (χ1v) is 8.14. The van der Waals surface area contributed by atoms with Crippen molar-refractivity contribution in [2.24, 2.45) is 0 Å². The largest absolute Gasteiger partial charge is 0.497 e. The van der Waals surface area contributed by atoms with Gasteiger partial charge < -0.3 is 14.8 Å². The van der Waals surface area contributed by atoms with Crippen LogP contribution in [0.1, 0.15) is 23.1 Å². The van der Waals surface area contributed by atoms with E-state index >= 15 is 0 Å². The van der Waals surface area contributed by atoms with Crippen molar-refractivity contribution in [3.05, 3.63) is 59.9 Å². The van der Waals surface area contributed by atoms with E-state index in [1.165, 1.54) is 0 Å². The minimum absolute atomic E-state index is 0.199. The van der Waals surface area contributed by atoms with Gasteiger partial charge in [0, 0.05) is 5.56 Å². The number of nitrogens with one attached hydrogen (secondary N) is 1. The molecule has 3 rings (SSSR count). The predicted octanol–water partition coefficient (Wildman–Crippen LogP) is 2.00. The van der Waals surface area contributed by atoms with Crippen LogP contribution < -0.4 is 14.8 Å². The summed E-state index contributed by atoms with van der Waals surface area (Å²) >= 11 is 0. The maximum absolute atomic E-state index is 12.3. The Morgan fingerprint density at radius 1 is 1.08 bits per heavy atom. The second kappa shape index (κ2) is 8.11. The third-order valence-corrected chi connectivity index (χ3v) is 3.69. The van der Waals surface area contributed by atoms with Crippen LogP contribution in [-0.2, 0) is 6.54 Å². The van der Waals surface area contributed by atoms with Crippen LogP contribution in [0.3, 0.4) is 0 Å². The SMILES string of the molecule is CCOc1ccc(-n2nnnc2CNC(=O)c2ccc(OC)cc2)cc1. The summed E-state index contributed by atoms with van der Waals surface area (Å²) in [5.41, 5.74) is 1.32. The van der Waals surface area contributed by atoms with Crippen molar-refractivity contribution in [3.63, 3.8) is 0 Å². The maximum atomic E-state index is 12.3. The molecule has 1 N–H and O–H groups in total. The third-order valence-electron chi connectivity index (χ3n) is 3.69. The topological polar surface area (TPSA) is 91.2 Å². The summed E-state index contributed by atoms with van der Waals surface area (Å²) in [5, 5.41) is 14.5. The monoisotopic (exact) mass is 353 g/mol. The quantitative estimate of drug-likeness (QED) is 0.699. The lowest BCUT2D eigenvalue weighted by molar-refractivity contribution is 0.0949. The lowest BCUT2D eigenvalue weighted by Gasteiger charge is -2.08. The van der Waals surface area contributed by atoms with Gasteiger partial charge in [-0.3, -0.25) is 4.79 Å². The Balaban J connectivity index is 1.67. The number of carbonyl (C=O) groups excluding carboxylic acids is 1. The van der Waals surface area contributed by atoms with E-state index in [0.29, 0.717) is 23.7 Å². The zero-order valence-electron chi connectivity index (χ0n) is 14.5. The van der Waals surface area contributed by atoms with Crippen molar-refractivity contribution in [1.82, 2.24) is 25.5 Å². The van der Waals surface area contributed by atoms with Crippen LogP contribution in [0.5, 0.6) is 11.5 Å². The Bertz CT molecular complexity index is 859. The van der Waals surface area contributed by atoms with E-state index in [-0.39, 0.29) is 12.5 Å². The summed E-state index contributed by atoms with van der Waals surface area (Å²) in [5.74, 6) is 1.78. The minimum Gasteiger partial charge on any atom is -0.497 e. The molecule has 0 atom stereocenters. The zero-order valence-corrected chi connectivity index (χ0v) is 14.5. The maximum Gasteiger partial charge on any atom is 0.251 e. The van der Waals surface area contributed by atoms with Crippen molar-refractivity contribution in [1.29, 1.82) is 0 Å². The van der Waals surface area contributed by atoms with Gasteiger partial charge in [0.05, 0.1) is 25.9 Å². The standard InChI is InChI=1S/C18H19N5O3/c1-3-26-16-10-6-14(7-11-16)23-17(20-21-22-23)12-19-18(24)13-4-8-15(25-2)9-5-13/h4-11H,3,12H2,1-2H3,(H,19,24). The predicted molar refractivity (Wildman–Crippen MR) is 94.5 cm³/mol. The molecule has 0 saturated carbocycles. The smallest absolute Gasteiger partial charge is 0.251 e. The fourth-order valence-corrected chi connectivity index (χ4v) is 2.37. The molecule has 0 aliphatic carbocycles. The molecular weight excluding hydrogens is 334 g/mol. The first-order chi connectivity index (χ1) is 12.7. The van der Waals surface area contributed by atoms with Crippen LogP contribution in [0.25, 0.3) is 5.69 Å². The molecule has 3 aromatic rings. The highest BCUT2D eigenvalue weighted by molar-refractivity contribution is 5.94.